The maximum absolute atomic E-state index is 13.5. The van der Waals surface area contributed by atoms with Gasteiger partial charge in [0.1, 0.15) is 6.10 Å². The molecule has 1 saturated heterocycles. The van der Waals surface area contributed by atoms with E-state index in [0.29, 0.717) is 10.2 Å². The zero-order valence-corrected chi connectivity index (χ0v) is 9.18. The van der Waals surface area contributed by atoms with Crippen molar-refractivity contribution < 1.29 is 9.13 Å². The molecule has 76 valence electrons. The Morgan fingerprint density at radius 1 is 1.50 bits per heavy atom. The first-order valence-corrected chi connectivity index (χ1v) is 5.38. The van der Waals surface area contributed by atoms with Crippen LogP contribution in [0.2, 0.25) is 0 Å². The lowest BCUT2D eigenvalue weighted by atomic mass is 10.3. The third-order valence-electron chi connectivity index (χ3n) is 2.22. The van der Waals surface area contributed by atoms with Gasteiger partial charge in [0, 0.05) is 6.54 Å². The van der Waals surface area contributed by atoms with E-state index in [4.69, 9.17) is 4.74 Å². The van der Waals surface area contributed by atoms with Crippen LogP contribution in [0.25, 0.3) is 0 Å². The Morgan fingerprint density at radius 2 is 2.36 bits per heavy atom. The van der Waals surface area contributed by atoms with Crippen molar-refractivity contribution in [3.05, 3.63) is 28.5 Å². The molecule has 1 unspecified atom stereocenters. The van der Waals surface area contributed by atoms with Gasteiger partial charge in [0.25, 0.3) is 0 Å². The Labute approximate surface area is 90.6 Å². The predicted molar refractivity (Wildman–Crippen MR) is 56.0 cm³/mol. The number of ether oxygens (including phenoxy) is 1. The average molecular weight is 260 g/mol. The maximum atomic E-state index is 13.5. The molecular formula is C10H11BrFNO. The molecule has 0 bridgehead atoms. The second-order valence-electron chi connectivity index (χ2n) is 3.28. The van der Waals surface area contributed by atoms with Gasteiger partial charge in [0.15, 0.2) is 11.6 Å². The number of nitrogens with one attached hydrogen (secondary N) is 1. The molecule has 0 aromatic heterocycles. The molecule has 14 heavy (non-hydrogen) atoms. The van der Waals surface area contributed by atoms with E-state index in [1.54, 1.807) is 18.2 Å². The van der Waals surface area contributed by atoms with Gasteiger partial charge >= 0.3 is 0 Å². The molecule has 1 fully saturated rings. The summed E-state index contributed by atoms with van der Waals surface area (Å²) in [4.78, 5) is 0. The molecule has 0 aliphatic carbocycles. The Morgan fingerprint density at radius 3 is 3.07 bits per heavy atom. The van der Waals surface area contributed by atoms with Crippen LogP contribution in [0.15, 0.2) is 22.7 Å². The summed E-state index contributed by atoms with van der Waals surface area (Å²) in [7, 11) is 0. The fraction of sp³-hybridized carbons (Fsp3) is 0.400. The summed E-state index contributed by atoms with van der Waals surface area (Å²) in [6, 6.07) is 5.08. The first-order valence-electron chi connectivity index (χ1n) is 4.59. The third kappa shape index (κ3) is 2.07. The molecule has 0 amide bonds. The first kappa shape index (κ1) is 9.93. The second-order valence-corrected chi connectivity index (χ2v) is 4.14. The fourth-order valence-corrected chi connectivity index (χ4v) is 1.83. The lowest BCUT2D eigenvalue weighted by molar-refractivity contribution is 0.212. The van der Waals surface area contributed by atoms with Crippen LogP contribution in [-0.4, -0.2) is 19.2 Å². The van der Waals surface area contributed by atoms with Crippen LogP contribution in [-0.2, 0) is 0 Å². The molecule has 4 heteroatoms. The van der Waals surface area contributed by atoms with Gasteiger partial charge in [0.05, 0.1) is 4.47 Å². The summed E-state index contributed by atoms with van der Waals surface area (Å²) in [5.41, 5.74) is 0. The van der Waals surface area contributed by atoms with Gasteiger partial charge in [-0.3, -0.25) is 0 Å². The smallest absolute Gasteiger partial charge is 0.179 e. The van der Waals surface area contributed by atoms with Crippen molar-refractivity contribution in [1.82, 2.24) is 5.32 Å². The van der Waals surface area contributed by atoms with Crippen molar-refractivity contribution in [2.24, 2.45) is 0 Å². The standard InChI is InChI=1S/C10H11BrFNO/c11-8-2-1-3-9(10(8)12)14-7-4-5-13-6-7/h1-3,7,13H,4-6H2. The van der Waals surface area contributed by atoms with Gasteiger partial charge in [-0.05, 0) is 41.0 Å². The van der Waals surface area contributed by atoms with Crippen molar-refractivity contribution in [1.29, 1.82) is 0 Å². The highest BCUT2D eigenvalue weighted by molar-refractivity contribution is 9.10. The van der Waals surface area contributed by atoms with Gasteiger partial charge in [-0.25, -0.2) is 4.39 Å². The Balaban J connectivity index is 2.11. The van der Waals surface area contributed by atoms with E-state index in [2.05, 4.69) is 21.2 Å². The molecule has 1 aliphatic rings. The lowest BCUT2D eigenvalue weighted by Gasteiger charge is -2.13. The SMILES string of the molecule is Fc1c(Br)cccc1OC1CCNC1. The van der Waals surface area contributed by atoms with Crippen LogP contribution in [0.1, 0.15) is 6.42 Å². The van der Waals surface area contributed by atoms with E-state index in [0.717, 1.165) is 19.5 Å². The molecule has 1 aromatic carbocycles. The number of hydrogen-bond donors (Lipinski definition) is 1. The molecule has 0 radical (unpaired) electrons. The van der Waals surface area contributed by atoms with E-state index >= 15 is 0 Å². The highest BCUT2D eigenvalue weighted by Crippen LogP contribution is 2.26. The number of hydrogen-bond acceptors (Lipinski definition) is 2. The Bertz CT molecular complexity index is 326. The molecule has 1 aliphatic heterocycles. The van der Waals surface area contributed by atoms with Crippen molar-refractivity contribution in [3.63, 3.8) is 0 Å². The highest BCUT2D eigenvalue weighted by Gasteiger charge is 2.18. The molecule has 0 saturated carbocycles. The summed E-state index contributed by atoms with van der Waals surface area (Å²) >= 11 is 3.12. The van der Waals surface area contributed by atoms with Crippen LogP contribution in [0.3, 0.4) is 0 Å². The van der Waals surface area contributed by atoms with Crippen LogP contribution in [0, 0.1) is 5.82 Å². The minimum Gasteiger partial charge on any atom is -0.486 e. The summed E-state index contributed by atoms with van der Waals surface area (Å²) in [5, 5.41) is 3.17. The topological polar surface area (TPSA) is 21.3 Å². The van der Waals surface area contributed by atoms with E-state index < -0.39 is 0 Å². The van der Waals surface area contributed by atoms with Crippen molar-refractivity contribution in [2.75, 3.05) is 13.1 Å². The van der Waals surface area contributed by atoms with Gasteiger partial charge in [-0.15, -0.1) is 0 Å². The highest BCUT2D eigenvalue weighted by atomic mass is 79.9. The summed E-state index contributed by atoms with van der Waals surface area (Å²) in [6.45, 7) is 1.74. The molecule has 1 atom stereocenters. The minimum absolute atomic E-state index is 0.0961. The van der Waals surface area contributed by atoms with Crippen molar-refractivity contribution in [3.8, 4) is 5.75 Å². The monoisotopic (exact) mass is 259 g/mol. The van der Waals surface area contributed by atoms with Crippen LogP contribution >= 0.6 is 15.9 Å². The summed E-state index contributed by atoms with van der Waals surface area (Å²) in [6.07, 6.45) is 1.03. The fourth-order valence-electron chi connectivity index (χ4n) is 1.48. The average Bonchev–Trinajstić information content (AvgIpc) is 2.66. The first-order chi connectivity index (χ1) is 6.77. The molecule has 1 N–H and O–H groups in total. The molecule has 1 heterocycles. The van der Waals surface area contributed by atoms with E-state index in [1.165, 1.54) is 0 Å². The van der Waals surface area contributed by atoms with Gasteiger partial charge < -0.3 is 10.1 Å². The predicted octanol–water partition coefficient (Wildman–Crippen LogP) is 2.33. The minimum atomic E-state index is -0.320. The van der Waals surface area contributed by atoms with E-state index in [-0.39, 0.29) is 11.9 Å². The van der Waals surface area contributed by atoms with E-state index in [9.17, 15) is 4.39 Å². The maximum Gasteiger partial charge on any atom is 0.179 e. The normalized spacial score (nSPS) is 21.1. The van der Waals surface area contributed by atoms with E-state index in [1.807, 2.05) is 0 Å². The lowest BCUT2D eigenvalue weighted by Crippen LogP contribution is -2.20. The van der Waals surface area contributed by atoms with Crippen molar-refractivity contribution in [2.45, 2.75) is 12.5 Å². The number of benzene rings is 1. The van der Waals surface area contributed by atoms with Crippen LogP contribution in [0.4, 0.5) is 4.39 Å². The molecule has 2 nitrogen and oxygen atoms in total. The largest absolute Gasteiger partial charge is 0.486 e. The van der Waals surface area contributed by atoms with Crippen LogP contribution in [0.5, 0.6) is 5.75 Å². The third-order valence-corrected chi connectivity index (χ3v) is 2.84. The molecular weight excluding hydrogens is 249 g/mol. The summed E-state index contributed by atoms with van der Waals surface area (Å²) in [5.74, 6) is 0.00692. The molecule has 0 spiro atoms. The Hall–Kier alpha value is -0.610. The zero-order chi connectivity index (χ0) is 9.97. The van der Waals surface area contributed by atoms with Crippen LogP contribution < -0.4 is 10.1 Å². The van der Waals surface area contributed by atoms with Gasteiger partial charge in [-0.1, -0.05) is 6.07 Å². The number of rotatable bonds is 2. The van der Waals surface area contributed by atoms with Gasteiger partial charge in [-0.2, -0.15) is 0 Å². The number of halogens is 2. The van der Waals surface area contributed by atoms with Gasteiger partial charge in [0.2, 0.25) is 0 Å². The summed E-state index contributed by atoms with van der Waals surface area (Å²) < 4.78 is 19.4. The second kappa shape index (κ2) is 4.28. The Kier molecular flexibility index (Phi) is 3.03. The quantitative estimate of drug-likeness (QED) is 0.881. The molecule has 2 rings (SSSR count). The van der Waals surface area contributed by atoms with Crippen molar-refractivity contribution >= 4 is 15.9 Å². The molecule has 1 aromatic rings. The zero-order valence-electron chi connectivity index (χ0n) is 7.59.